The zero-order chi connectivity index (χ0) is 13.6. The first-order valence-corrected chi connectivity index (χ1v) is 6.22. The lowest BCUT2D eigenvalue weighted by molar-refractivity contribution is -0.158. The first-order valence-electron chi connectivity index (χ1n) is 6.22. The van der Waals surface area contributed by atoms with Crippen LogP contribution in [0.1, 0.15) is 24.8 Å². The van der Waals surface area contributed by atoms with E-state index in [9.17, 15) is 9.59 Å². The quantitative estimate of drug-likeness (QED) is 0.609. The number of para-hydroxylation sites is 1. The van der Waals surface area contributed by atoms with Crippen molar-refractivity contribution in [1.29, 1.82) is 0 Å². The monoisotopic (exact) mass is 261 g/mol. The van der Waals surface area contributed by atoms with Crippen LogP contribution in [0.3, 0.4) is 0 Å². The highest BCUT2D eigenvalue weighted by atomic mass is 16.5. The third-order valence-corrected chi connectivity index (χ3v) is 3.79. The first kappa shape index (κ1) is 12.0. The topological polar surface area (TPSA) is 64.6 Å². The van der Waals surface area contributed by atoms with Crippen molar-refractivity contribution in [2.75, 3.05) is 7.11 Å². The number of piperidine rings is 1. The van der Waals surface area contributed by atoms with Gasteiger partial charge in [-0.1, -0.05) is 18.2 Å². The van der Waals surface area contributed by atoms with Crippen LogP contribution in [0.25, 0.3) is 0 Å². The maximum Gasteiger partial charge on any atom is 0.318 e. The molecule has 3 rings (SSSR count). The summed E-state index contributed by atoms with van der Waals surface area (Å²) in [7, 11) is 1.30. The fraction of sp³-hybridized carbons (Fsp3) is 0.429. The number of hydrogen-bond acceptors (Lipinski definition) is 4. The Morgan fingerprint density at radius 2 is 2.21 bits per heavy atom. The molecule has 0 radical (unpaired) electrons. The zero-order valence-corrected chi connectivity index (χ0v) is 10.8. The smallest absolute Gasteiger partial charge is 0.318 e. The van der Waals surface area contributed by atoms with Gasteiger partial charge in [-0.15, -0.1) is 0 Å². The highest BCUT2D eigenvalue weighted by Crippen LogP contribution is 2.46. The standard InChI is InChI=1S/C14H15NO4/c1-14-7-9(8-5-3-4-6-10(8)19-14)11(12(16)15-14)13(17)18-2/h3-6,9,11H,7H2,1-2H3,(H,15,16)/t9-,11-,14-/m0/s1. The minimum Gasteiger partial charge on any atom is -0.468 e. The lowest BCUT2D eigenvalue weighted by atomic mass is 9.75. The molecule has 0 saturated carbocycles. The van der Waals surface area contributed by atoms with Crippen LogP contribution in [-0.4, -0.2) is 24.7 Å². The molecule has 19 heavy (non-hydrogen) atoms. The van der Waals surface area contributed by atoms with Crippen molar-refractivity contribution in [1.82, 2.24) is 5.32 Å². The first-order chi connectivity index (χ1) is 9.04. The Morgan fingerprint density at radius 1 is 1.47 bits per heavy atom. The summed E-state index contributed by atoms with van der Waals surface area (Å²) in [5, 5.41) is 2.77. The number of fused-ring (bicyclic) bond motifs is 4. The molecular formula is C14H15NO4. The largest absolute Gasteiger partial charge is 0.468 e. The third-order valence-electron chi connectivity index (χ3n) is 3.79. The summed E-state index contributed by atoms with van der Waals surface area (Å²) in [6, 6.07) is 7.50. The molecule has 1 saturated heterocycles. The number of amides is 1. The van der Waals surface area contributed by atoms with Crippen LogP contribution in [-0.2, 0) is 14.3 Å². The average molecular weight is 261 g/mol. The number of hydrogen-bond donors (Lipinski definition) is 1. The molecule has 1 fully saturated rings. The SMILES string of the molecule is COC(=O)[C@@H]1C(=O)N[C@]2(C)C[C@H]1c1ccccc1O2. The molecule has 1 aromatic carbocycles. The predicted octanol–water partition coefficient (Wildman–Crippen LogP) is 1.19. The van der Waals surface area contributed by atoms with Gasteiger partial charge in [-0.25, -0.2) is 0 Å². The summed E-state index contributed by atoms with van der Waals surface area (Å²) in [5.41, 5.74) is 0.144. The second-order valence-corrected chi connectivity index (χ2v) is 5.17. The van der Waals surface area contributed by atoms with Gasteiger partial charge in [0.2, 0.25) is 5.91 Å². The summed E-state index contributed by atoms with van der Waals surface area (Å²) < 4.78 is 10.6. The van der Waals surface area contributed by atoms with E-state index in [0.717, 1.165) is 11.3 Å². The van der Waals surface area contributed by atoms with Crippen LogP contribution in [0.5, 0.6) is 5.75 Å². The summed E-state index contributed by atoms with van der Waals surface area (Å²) >= 11 is 0. The Balaban J connectivity index is 2.10. The van der Waals surface area contributed by atoms with E-state index >= 15 is 0 Å². The van der Waals surface area contributed by atoms with E-state index in [0.29, 0.717) is 6.42 Å². The highest BCUT2D eigenvalue weighted by molar-refractivity contribution is 6.00. The van der Waals surface area contributed by atoms with Gasteiger partial charge in [0.25, 0.3) is 0 Å². The maximum atomic E-state index is 12.1. The lowest BCUT2D eigenvalue weighted by Crippen LogP contribution is -2.62. The molecule has 100 valence electrons. The fourth-order valence-electron chi connectivity index (χ4n) is 2.99. The Labute approximate surface area is 110 Å². The van der Waals surface area contributed by atoms with Gasteiger partial charge in [-0.3, -0.25) is 9.59 Å². The number of carbonyl (C=O) groups excluding carboxylic acids is 2. The normalized spacial score (nSPS) is 31.8. The van der Waals surface area contributed by atoms with Gasteiger partial charge < -0.3 is 14.8 Å². The minimum atomic E-state index is -0.803. The number of methoxy groups -OCH3 is 1. The number of esters is 1. The summed E-state index contributed by atoms with van der Waals surface area (Å²) in [4.78, 5) is 24.0. The van der Waals surface area contributed by atoms with Crippen molar-refractivity contribution < 1.29 is 19.1 Å². The van der Waals surface area contributed by atoms with Crippen molar-refractivity contribution >= 4 is 11.9 Å². The summed E-state index contributed by atoms with van der Waals surface area (Å²) in [6.45, 7) is 1.82. The van der Waals surface area contributed by atoms with Gasteiger partial charge in [0.1, 0.15) is 11.7 Å². The second-order valence-electron chi connectivity index (χ2n) is 5.17. The third kappa shape index (κ3) is 1.77. The molecule has 1 amide bonds. The molecule has 0 aliphatic carbocycles. The summed E-state index contributed by atoms with van der Waals surface area (Å²) in [6.07, 6.45) is 0.565. The molecule has 5 heteroatoms. The van der Waals surface area contributed by atoms with E-state index in [4.69, 9.17) is 9.47 Å². The number of carbonyl (C=O) groups is 2. The molecule has 2 heterocycles. The number of rotatable bonds is 1. The molecule has 2 aliphatic heterocycles. The Hall–Kier alpha value is -2.04. The Bertz CT molecular complexity index is 556. The van der Waals surface area contributed by atoms with Crippen molar-refractivity contribution in [3.63, 3.8) is 0 Å². The van der Waals surface area contributed by atoms with Crippen LogP contribution >= 0.6 is 0 Å². The van der Waals surface area contributed by atoms with Crippen LogP contribution in [0.2, 0.25) is 0 Å². The van der Waals surface area contributed by atoms with Gasteiger partial charge in [0, 0.05) is 12.3 Å². The molecule has 0 aromatic heterocycles. The molecule has 3 atom stereocenters. The van der Waals surface area contributed by atoms with Crippen LogP contribution < -0.4 is 10.1 Å². The fourth-order valence-corrected chi connectivity index (χ4v) is 2.99. The Morgan fingerprint density at radius 3 is 2.95 bits per heavy atom. The van der Waals surface area contributed by atoms with Crippen LogP contribution in [0.15, 0.2) is 24.3 Å². The molecule has 2 bridgehead atoms. The molecule has 1 aromatic rings. The van der Waals surface area contributed by atoms with E-state index in [1.165, 1.54) is 7.11 Å². The summed E-state index contributed by atoms with van der Waals surface area (Å²) in [5.74, 6) is -1.12. The van der Waals surface area contributed by atoms with Crippen molar-refractivity contribution in [3.8, 4) is 5.75 Å². The van der Waals surface area contributed by atoms with Crippen molar-refractivity contribution in [3.05, 3.63) is 29.8 Å². The van der Waals surface area contributed by atoms with E-state index in [1.54, 1.807) is 0 Å². The average Bonchev–Trinajstić information content (AvgIpc) is 2.37. The van der Waals surface area contributed by atoms with Crippen LogP contribution in [0, 0.1) is 5.92 Å². The zero-order valence-electron chi connectivity index (χ0n) is 10.8. The molecule has 0 spiro atoms. The van der Waals surface area contributed by atoms with Crippen LogP contribution in [0.4, 0.5) is 0 Å². The number of benzene rings is 1. The number of nitrogens with one attached hydrogen (secondary N) is 1. The van der Waals surface area contributed by atoms with Gasteiger partial charge in [-0.2, -0.15) is 0 Å². The highest BCUT2D eigenvalue weighted by Gasteiger charge is 2.52. The van der Waals surface area contributed by atoms with E-state index in [1.807, 2.05) is 31.2 Å². The van der Waals surface area contributed by atoms with Gasteiger partial charge in [0.15, 0.2) is 5.72 Å². The predicted molar refractivity (Wildman–Crippen MR) is 66.5 cm³/mol. The van der Waals surface area contributed by atoms with Gasteiger partial charge in [0.05, 0.1) is 7.11 Å². The van der Waals surface area contributed by atoms with E-state index in [2.05, 4.69) is 5.32 Å². The minimum absolute atomic E-state index is 0.198. The van der Waals surface area contributed by atoms with Gasteiger partial charge >= 0.3 is 5.97 Å². The number of ether oxygens (including phenoxy) is 2. The molecule has 2 aliphatic rings. The molecule has 0 unspecified atom stereocenters. The van der Waals surface area contributed by atoms with Crippen molar-refractivity contribution in [2.45, 2.75) is 25.0 Å². The second kappa shape index (κ2) is 3.98. The van der Waals surface area contributed by atoms with E-state index in [-0.39, 0.29) is 11.8 Å². The molecule has 5 nitrogen and oxygen atoms in total. The molecule has 1 N–H and O–H groups in total. The lowest BCUT2D eigenvalue weighted by Gasteiger charge is -2.46. The Kier molecular flexibility index (Phi) is 2.52. The van der Waals surface area contributed by atoms with Gasteiger partial charge in [-0.05, 0) is 18.6 Å². The van der Waals surface area contributed by atoms with Crippen molar-refractivity contribution in [2.24, 2.45) is 5.92 Å². The maximum absolute atomic E-state index is 12.1. The molecular weight excluding hydrogens is 246 g/mol. The van der Waals surface area contributed by atoms with E-state index < -0.39 is 17.6 Å².